The smallest absolute Gasteiger partial charge is 0.0540 e. The summed E-state index contributed by atoms with van der Waals surface area (Å²) in [5.41, 5.74) is 18.0. The molecular weight excluding hydrogens is 725 g/mol. The minimum absolute atomic E-state index is 0.330. The topological polar surface area (TPSA) is 6.48 Å². The number of benzene rings is 9. The van der Waals surface area contributed by atoms with E-state index in [-0.39, 0.29) is 0 Å². The van der Waals surface area contributed by atoms with Gasteiger partial charge in [-0.1, -0.05) is 182 Å². The molecule has 1 unspecified atom stereocenters. The summed E-state index contributed by atoms with van der Waals surface area (Å²) in [6.45, 7) is 0. The zero-order chi connectivity index (χ0) is 39.8. The number of allylic oxidation sites excluding steroid dienone is 4. The average molecular weight is 767 g/mol. The second-order valence-corrected chi connectivity index (χ2v) is 15.7. The van der Waals surface area contributed by atoms with Crippen LogP contribution in [0.5, 0.6) is 0 Å². The molecule has 0 bridgehead atoms. The van der Waals surface area contributed by atoms with Crippen molar-refractivity contribution >= 4 is 39.2 Å². The molecule has 1 aliphatic carbocycles. The third-order valence-corrected chi connectivity index (χ3v) is 12.2. The summed E-state index contributed by atoms with van der Waals surface area (Å²) < 4.78 is 0. The molecule has 0 fully saturated rings. The Labute approximate surface area is 352 Å². The van der Waals surface area contributed by atoms with Crippen LogP contribution in [-0.4, -0.2) is 0 Å². The highest BCUT2D eigenvalue weighted by Crippen LogP contribution is 2.53. The molecule has 9 aromatic carbocycles. The number of para-hydroxylation sites is 1. The van der Waals surface area contributed by atoms with E-state index in [4.69, 9.17) is 0 Å². The van der Waals surface area contributed by atoms with Crippen LogP contribution in [0, 0.1) is 0 Å². The normalized spacial score (nSPS) is 14.1. The van der Waals surface area contributed by atoms with Gasteiger partial charge in [0.25, 0.3) is 0 Å². The van der Waals surface area contributed by atoms with E-state index in [9.17, 15) is 0 Å². The summed E-state index contributed by atoms with van der Waals surface area (Å²) in [6.07, 6.45) is 7.83. The van der Waals surface area contributed by atoms with Crippen LogP contribution in [-0.2, 0) is 0 Å². The molecule has 2 aliphatic rings. The summed E-state index contributed by atoms with van der Waals surface area (Å²) >= 11 is 0. The van der Waals surface area contributed by atoms with E-state index in [0.717, 1.165) is 23.5 Å². The Morgan fingerprint density at radius 2 is 0.967 bits per heavy atom. The van der Waals surface area contributed by atoms with Gasteiger partial charge in [0.15, 0.2) is 0 Å². The van der Waals surface area contributed by atoms with Crippen molar-refractivity contribution < 1.29 is 0 Å². The predicted molar refractivity (Wildman–Crippen MR) is 254 cm³/mol. The number of hydrogen-bond acceptors (Lipinski definition) is 2. The first-order valence-electron chi connectivity index (χ1n) is 20.9. The average Bonchev–Trinajstić information content (AvgIpc) is 3.66. The van der Waals surface area contributed by atoms with Crippen LogP contribution in [0.15, 0.2) is 242 Å². The van der Waals surface area contributed by atoms with Gasteiger partial charge in [-0.15, -0.1) is 0 Å². The van der Waals surface area contributed by atoms with Crippen LogP contribution in [0.2, 0.25) is 0 Å². The molecule has 2 heteroatoms. The molecule has 0 aromatic heterocycles. The van der Waals surface area contributed by atoms with Crippen LogP contribution in [0.1, 0.15) is 17.9 Å². The standard InChI is InChI=1S/C58H42N2/c1-3-15-41(16-4-1)44-27-33-48(34-28-44)59(49-35-29-45(30-36-49)42-17-5-2-6-18-42)56-25-13-11-23-53(56)52-22-10-9-21-51(52)47-32-38-55-54-24-12-14-26-57(54)60(58(55)40-47)50-37-31-43-19-7-8-20-46(43)39-50/h1-23,25-40,54H,24H2. The molecule has 60 heavy (non-hydrogen) atoms. The van der Waals surface area contributed by atoms with E-state index in [1.807, 2.05) is 0 Å². The Bertz CT molecular complexity index is 2970. The first-order valence-corrected chi connectivity index (χ1v) is 20.9. The van der Waals surface area contributed by atoms with Crippen molar-refractivity contribution in [3.05, 3.63) is 248 Å². The van der Waals surface area contributed by atoms with E-state index in [2.05, 4.69) is 246 Å². The molecule has 0 spiro atoms. The van der Waals surface area contributed by atoms with Gasteiger partial charge < -0.3 is 9.80 Å². The first kappa shape index (κ1) is 35.5. The lowest BCUT2D eigenvalue weighted by Crippen LogP contribution is -2.14. The van der Waals surface area contributed by atoms with E-state index < -0.39 is 0 Å². The highest BCUT2D eigenvalue weighted by molar-refractivity contribution is 5.96. The summed E-state index contributed by atoms with van der Waals surface area (Å²) in [5, 5.41) is 2.50. The zero-order valence-corrected chi connectivity index (χ0v) is 33.2. The number of anilines is 5. The molecular formula is C58H42N2. The zero-order valence-electron chi connectivity index (χ0n) is 33.2. The van der Waals surface area contributed by atoms with Crippen molar-refractivity contribution in [1.82, 2.24) is 0 Å². The third kappa shape index (κ3) is 6.40. The Hall–Kier alpha value is -7.68. The first-order chi connectivity index (χ1) is 29.8. The molecule has 0 saturated carbocycles. The second kappa shape index (κ2) is 15.2. The third-order valence-electron chi connectivity index (χ3n) is 12.2. The van der Waals surface area contributed by atoms with Gasteiger partial charge in [-0.2, -0.15) is 0 Å². The minimum atomic E-state index is 0.330. The van der Waals surface area contributed by atoms with Gasteiger partial charge in [0.05, 0.1) is 11.4 Å². The Kier molecular flexibility index (Phi) is 9.02. The Balaban J connectivity index is 1.04. The number of nitrogens with zero attached hydrogens (tertiary/aromatic N) is 2. The number of fused-ring (bicyclic) bond motifs is 4. The van der Waals surface area contributed by atoms with Gasteiger partial charge in [0, 0.05) is 34.2 Å². The molecule has 0 radical (unpaired) electrons. The lowest BCUT2D eigenvalue weighted by atomic mass is 9.89. The Morgan fingerprint density at radius 3 is 1.65 bits per heavy atom. The maximum absolute atomic E-state index is 2.50. The predicted octanol–water partition coefficient (Wildman–Crippen LogP) is 16.1. The van der Waals surface area contributed by atoms with Crippen molar-refractivity contribution in [2.45, 2.75) is 12.3 Å². The summed E-state index contributed by atoms with van der Waals surface area (Å²) in [7, 11) is 0. The molecule has 1 aliphatic heterocycles. The van der Waals surface area contributed by atoms with Gasteiger partial charge in [0.1, 0.15) is 0 Å². The van der Waals surface area contributed by atoms with Crippen LogP contribution in [0.25, 0.3) is 55.3 Å². The second-order valence-electron chi connectivity index (χ2n) is 15.7. The molecule has 1 heterocycles. The lowest BCUT2D eigenvalue weighted by molar-refractivity contribution is 0.820. The van der Waals surface area contributed by atoms with E-state index in [1.165, 1.54) is 77.9 Å². The minimum Gasteiger partial charge on any atom is -0.313 e. The van der Waals surface area contributed by atoms with E-state index >= 15 is 0 Å². The maximum Gasteiger partial charge on any atom is 0.0540 e. The van der Waals surface area contributed by atoms with Crippen LogP contribution < -0.4 is 9.80 Å². The quantitative estimate of drug-likeness (QED) is 0.152. The Morgan fingerprint density at radius 1 is 0.417 bits per heavy atom. The van der Waals surface area contributed by atoms with E-state index in [0.29, 0.717) is 5.92 Å². The largest absolute Gasteiger partial charge is 0.313 e. The van der Waals surface area contributed by atoms with Crippen LogP contribution >= 0.6 is 0 Å². The number of rotatable bonds is 8. The van der Waals surface area contributed by atoms with E-state index in [1.54, 1.807) is 0 Å². The number of hydrogen-bond donors (Lipinski definition) is 0. The summed E-state index contributed by atoms with van der Waals surface area (Å²) in [5.74, 6) is 0.330. The van der Waals surface area contributed by atoms with Gasteiger partial charge >= 0.3 is 0 Å². The van der Waals surface area contributed by atoms with Crippen LogP contribution in [0.4, 0.5) is 28.4 Å². The van der Waals surface area contributed by atoms with Crippen molar-refractivity contribution in [3.8, 4) is 44.5 Å². The SMILES string of the molecule is C1=CCC2C(=C1)N(c1ccc3ccccc3c1)c1cc(-c3ccccc3-c3ccccc3N(c3ccc(-c4ccccc4)cc3)c3ccc(-c4ccccc4)cc3)ccc12. The highest BCUT2D eigenvalue weighted by Gasteiger charge is 2.35. The molecule has 0 amide bonds. The molecule has 0 saturated heterocycles. The van der Waals surface area contributed by atoms with Gasteiger partial charge in [0.2, 0.25) is 0 Å². The molecule has 2 nitrogen and oxygen atoms in total. The summed E-state index contributed by atoms with van der Waals surface area (Å²) in [6, 6.07) is 79.6. The van der Waals surface area contributed by atoms with Crippen molar-refractivity contribution in [2.24, 2.45) is 0 Å². The molecule has 9 aromatic rings. The fourth-order valence-electron chi connectivity index (χ4n) is 9.24. The van der Waals surface area contributed by atoms with Gasteiger partial charge in [-0.25, -0.2) is 0 Å². The lowest BCUT2D eigenvalue weighted by Gasteiger charge is -2.29. The fourth-order valence-corrected chi connectivity index (χ4v) is 9.24. The summed E-state index contributed by atoms with van der Waals surface area (Å²) in [4.78, 5) is 4.90. The van der Waals surface area contributed by atoms with Crippen molar-refractivity contribution in [1.29, 1.82) is 0 Å². The maximum atomic E-state index is 2.50. The molecule has 1 atom stereocenters. The van der Waals surface area contributed by atoms with Crippen molar-refractivity contribution in [2.75, 3.05) is 9.80 Å². The molecule has 0 N–H and O–H groups in total. The monoisotopic (exact) mass is 766 g/mol. The molecule has 11 rings (SSSR count). The molecule has 284 valence electrons. The highest BCUT2D eigenvalue weighted by atomic mass is 15.2. The van der Waals surface area contributed by atoms with Gasteiger partial charge in [-0.05, 0) is 116 Å². The fraction of sp³-hybridized carbons (Fsp3) is 0.0345. The van der Waals surface area contributed by atoms with Gasteiger partial charge in [-0.3, -0.25) is 0 Å². The van der Waals surface area contributed by atoms with Crippen LogP contribution in [0.3, 0.4) is 0 Å². The van der Waals surface area contributed by atoms with Crippen molar-refractivity contribution in [3.63, 3.8) is 0 Å².